The number of nitrogens with zero attached hydrogens (tertiary/aromatic N) is 1. The lowest BCUT2D eigenvalue weighted by Crippen LogP contribution is -2.39. The summed E-state index contributed by atoms with van der Waals surface area (Å²) in [6.45, 7) is 1.71. The van der Waals surface area contributed by atoms with Gasteiger partial charge in [0.1, 0.15) is 0 Å². The van der Waals surface area contributed by atoms with E-state index in [-0.39, 0.29) is 17.9 Å². The number of imide groups is 1. The molecule has 1 fully saturated rings. The zero-order chi connectivity index (χ0) is 11.0. The van der Waals surface area contributed by atoms with Crippen molar-refractivity contribution in [2.75, 3.05) is 6.26 Å². The van der Waals surface area contributed by atoms with Crippen LogP contribution in [0.3, 0.4) is 0 Å². The van der Waals surface area contributed by atoms with Gasteiger partial charge >= 0.3 is 0 Å². The summed E-state index contributed by atoms with van der Waals surface area (Å²) in [6.07, 6.45) is 6.57. The minimum atomic E-state index is -0.121. The zero-order valence-electron chi connectivity index (χ0n) is 9.03. The maximum Gasteiger partial charge on any atom is 0.256 e. The monoisotopic (exact) mass is 225 g/mol. The van der Waals surface area contributed by atoms with Crippen molar-refractivity contribution in [1.82, 2.24) is 4.90 Å². The van der Waals surface area contributed by atoms with E-state index in [1.807, 2.05) is 11.8 Å². The van der Waals surface area contributed by atoms with Crippen molar-refractivity contribution in [3.05, 3.63) is 11.6 Å². The number of carbonyl (C=O) groups excluding carboxylic acids is 2. The second-order valence-corrected chi connectivity index (χ2v) is 5.30. The Morgan fingerprint density at radius 2 is 2.13 bits per heavy atom. The molecule has 4 heteroatoms. The molecule has 0 N–H and O–H groups in total. The fourth-order valence-electron chi connectivity index (χ4n) is 2.32. The number of amides is 2. The number of carbonyl (C=O) groups is 2. The van der Waals surface area contributed by atoms with Crippen molar-refractivity contribution in [1.29, 1.82) is 0 Å². The Morgan fingerprint density at radius 1 is 1.40 bits per heavy atom. The average Bonchev–Trinajstić information content (AvgIpc) is 2.74. The Bertz CT molecular complexity index is 337. The SMILES string of the molecule is CSC1CCC(N2C(=O)C=C(C)C2=O)C1. The largest absolute Gasteiger partial charge is 0.272 e. The summed E-state index contributed by atoms with van der Waals surface area (Å²) in [5.41, 5.74) is 0.576. The molecule has 3 nitrogen and oxygen atoms in total. The summed E-state index contributed by atoms with van der Waals surface area (Å²) in [4.78, 5) is 24.8. The quantitative estimate of drug-likeness (QED) is 0.670. The molecule has 1 heterocycles. The van der Waals surface area contributed by atoms with Crippen molar-refractivity contribution in [3.63, 3.8) is 0 Å². The molecule has 0 aromatic rings. The molecular weight excluding hydrogens is 210 g/mol. The van der Waals surface area contributed by atoms with Crippen LogP contribution in [-0.2, 0) is 9.59 Å². The first kappa shape index (κ1) is 10.7. The maximum absolute atomic E-state index is 11.7. The first-order valence-corrected chi connectivity index (χ1v) is 6.51. The van der Waals surface area contributed by atoms with Crippen molar-refractivity contribution in [2.24, 2.45) is 0 Å². The van der Waals surface area contributed by atoms with Gasteiger partial charge < -0.3 is 0 Å². The highest BCUT2D eigenvalue weighted by Gasteiger charge is 2.38. The average molecular weight is 225 g/mol. The summed E-state index contributed by atoms with van der Waals surface area (Å²) in [5.74, 6) is -0.212. The Kier molecular flexibility index (Phi) is 2.87. The van der Waals surface area contributed by atoms with E-state index in [0.717, 1.165) is 19.3 Å². The van der Waals surface area contributed by atoms with Gasteiger partial charge in [0, 0.05) is 22.9 Å². The molecule has 0 saturated heterocycles. The van der Waals surface area contributed by atoms with Gasteiger partial charge in [0.25, 0.3) is 11.8 Å². The second-order valence-electron chi connectivity index (χ2n) is 4.17. The van der Waals surface area contributed by atoms with E-state index >= 15 is 0 Å². The summed E-state index contributed by atoms with van der Waals surface area (Å²) < 4.78 is 0. The Labute approximate surface area is 93.9 Å². The summed E-state index contributed by atoms with van der Waals surface area (Å²) in [5, 5.41) is 0.608. The van der Waals surface area contributed by atoms with Gasteiger partial charge in [-0.2, -0.15) is 11.8 Å². The predicted molar refractivity (Wildman–Crippen MR) is 60.6 cm³/mol. The molecule has 1 aliphatic heterocycles. The summed E-state index contributed by atoms with van der Waals surface area (Å²) in [6, 6.07) is 0.135. The zero-order valence-corrected chi connectivity index (χ0v) is 9.84. The van der Waals surface area contributed by atoms with Crippen LogP contribution >= 0.6 is 11.8 Å². The molecule has 0 radical (unpaired) electrons. The Balaban J connectivity index is 2.07. The molecule has 2 rings (SSSR count). The van der Waals surface area contributed by atoms with Crippen LogP contribution in [0, 0.1) is 0 Å². The lowest BCUT2D eigenvalue weighted by molar-refractivity contribution is -0.139. The minimum absolute atomic E-state index is 0.0910. The van der Waals surface area contributed by atoms with Gasteiger partial charge in [-0.25, -0.2) is 0 Å². The molecule has 82 valence electrons. The highest BCUT2D eigenvalue weighted by molar-refractivity contribution is 7.99. The summed E-state index contributed by atoms with van der Waals surface area (Å²) >= 11 is 1.83. The molecule has 2 aliphatic rings. The molecule has 1 aliphatic carbocycles. The van der Waals surface area contributed by atoms with Gasteiger partial charge in [-0.1, -0.05) is 0 Å². The molecule has 1 saturated carbocycles. The first-order valence-electron chi connectivity index (χ1n) is 5.22. The third-order valence-electron chi connectivity index (χ3n) is 3.19. The fraction of sp³-hybridized carbons (Fsp3) is 0.636. The van der Waals surface area contributed by atoms with E-state index in [1.54, 1.807) is 6.92 Å². The van der Waals surface area contributed by atoms with Crippen LogP contribution in [-0.4, -0.2) is 34.3 Å². The third kappa shape index (κ3) is 1.83. The normalized spacial score (nSPS) is 31.3. The van der Waals surface area contributed by atoms with E-state index in [9.17, 15) is 9.59 Å². The Hall–Kier alpha value is -0.770. The van der Waals surface area contributed by atoms with E-state index in [0.29, 0.717) is 10.8 Å². The third-order valence-corrected chi connectivity index (χ3v) is 4.28. The van der Waals surface area contributed by atoms with Crippen molar-refractivity contribution >= 4 is 23.6 Å². The lowest BCUT2D eigenvalue weighted by atomic mass is 10.2. The maximum atomic E-state index is 11.7. The van der Waals surface area contributed by atoms with Gasteiger partial charge in [-0.3, -0.25) is 14.5 Å². The van der Waals surface area contributed by atoms with Crippen LogP contribution < -0.4 is 0 Å². The van der Waals surface area contributed by atoms with Gasteiger partial charge in [0.05, 0.1) is 0 Å². The van der Waals surface area contributed by atoms with Gasteiger partial charge in [-0.15, -0.1) is 0 Å². The van der Waals surface area contributed by atoms with E-state index in [4.69, 9.17) is 0 Å². The van der Waals surface area contributed by atoms with Gasteiger partial charge in [0.15, 0.2) is 0 Å². The van der Waals surface area contributed by atoms with Crippen LogP contribution in [0.15, 0.2) is 11.6 Å². The van der Waals surface area contributed by atoms with Gasteiger partial charge in [-0.05, 0) is 32.4 Å². The van der Waals surface area contributed by atoms with Crippen molar-refractivity contribution in [3.8, 4) is 0 Å². The number of thioether (sulfide) groups is 1. The molecule has 15 heavy (non-hydrogen) atoms. The lowest BCUT2D eigenvalue weighted by Gasteiger charge is -2.22. The molecule has 2 atom stereocenters. The highest BCUT2D eigenvalue weighted by Crippen LogP contribution is 2.33. The van der Waals surface area contributed by atoms with Crippen LogP contribution in [0.25, 0.3) is 0 Å². The van der Waals surface area contributed by atoms with Crippen LogP contribution in [0.2, 0.25) is 0 Å². The topological polar surface area (TPSA) is 37.4 Å². The number of rotatable bonds is 2. The number of hydrogen-bond acceptors (Lipinski definition) is 3. The van der Waals surface area contributed by atoms with Crippen LogP contribution in [0.4, 0.5) is 0 Å². The second kappa shape index (κ2) is 4.00. The van der Waals surface area contributed by atoms with E-state index in [2.05, 4.69) is 6.26 Å². The van der Waals surface area contributed by atoms with Crippen molar-refractivity contribution in [2.45, 2.75) is 37.5 Å². The van der Waals surface area contributed by atoms with Crippen molar-refractivity contribution < 1.29 is 9.59 Å². The number of hydrogen-bond donors (Lipinski definition) is 0. The minimum Gasteiger partial charge on any atom is -0.272 e. The molecular formula is C11H15NO2S. The summed E-state index contributed by atoms with van der Waals surface area (Å²) in [7, 11) is 0. The standard InChI is InChI=1S/C11H15NO2S/c1-7-5-10(13)12(11(7)14)8-3-4-9(6-8)15-2/h5,8-9H,3-4,6H2,1-2H3. The van der Waals surface area contributed by atoms with Crippen LogP contribution in [0.1, 0.15) is 26.2 Å². The molecule has 0 aromatic heterocycles. The van der Waals surface area contributed by atoms with E-state index in [1.165, 1.54) is 11.0 Å². The predicted octanol–water partition coefficient (Wildman–Crippen LogP) is 1.59. The molecule has 0 spiro atoms. The Morgan fingerprint density at radius 3 is 2.60 bits per heavy atom. The van der Waals surface area contributed by atoms with Gasteiger partial charge in [0.2, 0.25) is 0 Å². The fourth-order valence-corrected chi connectivity index (χ4v) is 3.10. The molecule has 0 aromatic carbocycles. The molecule has 2 unspecified atom stereocenters. The van der Waals surface area contributed by atoms with Crippen LogP contribution in [0.5, 0.6) is 0 Å². The smallest absolute Gasteiger partial charge is 0.256 e. The molecule has 2 amide bonds. The first-order chi connectivity index (χ1) is 7.13. The molecule has 0 bridgehead atoms. The highest BCUT2D eigenvalue weighted by atomic mass is 32.2. The van der Waals surface area contributed by atoms with E-state index < -0.39 is 0 Å².